The third kappa shape index (κ3) is 6.51. The summed E-state index contributed by atoms with van der Waals surface area (Å²) in [6.07, 6.45) is -3.32. The molecule has 0 spiro atoms. The fraction of sp³-hybridized carbons (Fsp3) is 0.643. The largest absolute Gasteiger partial charge is 0.461 e. The van der Waals surface area contributed by atoms with Crippen LogP contribution in [0.2, 0.25) is 0 Å². The Kier molecular flexibility index (Phi) is 6.92. The zero-order chi connectivity index (χ0) is 17.6. The summed E-state index contributed by atoms with van der Waals surface area (Å²) in [5.74, 6) is -0.594. The molecule has 0 aliphatic rings. The number of aromatic nitrogens is 1. The summed E-state index contributed by atoms with van der Waals surface area (Å²) < 4.78 is 9.81. The number of carbonyl (C=O) groups is 2. The SMILES string of the molecule is CCOC(=O)c1csc(C(O)C(O)CNC(=O)OC(C)(C)C)n1. The van der Waals surface area contributed by atoms with Gasteiger partial charge in [0.1, 0.15) is 22.8 Å². The van der Waals surface area contributed by atoms with E-state index in [-0.39, 0.29) is 23.9 Å². The van der Waals surface area contributed by atoms with E-state index in [1.165, 1.54) is 5.38 Å². The van der Waals surface area contributed by atoms with Crippen molar-refractivity contribution in [2.45, 2.75) is 45.5 Å². The smallest absolute Gasteiger partial charge is 0.407 e. The van der Waals surface area contributed by atoms with E-state index in [0.29, 0.717) is 0 Å². The highest BCUT2D eigenvalue weighted by Crippen LogP contribution is 2.21. The fourth-order valence-electron chi connectivity index (χ4n) is 1.50. The number of alkyl carbamates (subject to hydrolysis) is 1. The van der Waals surface area contributed by atoms with Crippen LogP contribution in [-0.2, 0) is 9.47 Å². The maximum Gasteiger partial charge on any atom is 0.407 e. The van der Waals surface area contributed by atoms with Crippen LogP contribution in [0.5, 0.6) is 0 Å². The van der Waals surface area contributed by atoms with Crippen LogP contribution in [-0.4, -0.2) is 52.1 Å². The summed E-state index contributed by atoms with van der Waals surface area (Å²) >= 11 is 1.02. The van der Waals surface area contributed by atoms with Crippen molar-refractivity contribution < 1.29 is 29.3 Å². The number of aliphatic hydroxyl groups is 2. The normalized spacial score (nSPS) is 14.0. The average molecular weight is 346 g/mol. The lowest BCUT2D eigenvalue weighted by Crippen LogP contribution is -2.38. The van der Waals surface area contributed by atoms with Gasteiger partial charge in [-0.2, -0.15) is 0 Å². The van der Waals surface area contributed by atoms with Crippen molar-refractivity contribution in [3.8, 4) is 0 Å². The van der Waals surface area contributed by atoms with Gasteiger partial charge in [0, 0.05) is 11.9 Å². The van der Waals surface area contributed by atoms with Crippen molar-refractivity contribution in [2.24, 2.45) is 0 Å². The topological polar surface area (TPSA) is 118 Å². The van der Waals surface area contributed by atoms with E-state index >= 15 is 0 Å². The number of esters is 1. The molecule has 0 aliphatic carbocycles. The maximum absolute atomic E-state index is 11.5. The van der Waals surface area contributed by atoms with E-state index in [2.05, 4.69) is 10.3 Å². The summed E-state index contributed by atoms with van der Waals surface area (Å²) in [4.78, 5) is 26.9. The number of nitrogens with one attached hydrogen (secondary N) is 1. The molecule has 1 rings (SSSR count). The molecular weight excluding hydrogens is 324 g/mol. The van der Waals surface area contributed by atoms with Crippen molar-refractivity contribution in [3.63, 3.8) is 0 Å². The molecule has 130 valence electrons. The van der Waals surface area contributed by atoms with Gasteiger partial charge in [-0.25, -0.2) is 14.6 Å². The second-order valence-corrected chi connectivity index (χ2v) is 6.58. The molecule has 1 aromatic rings. The minimum Gasteiger partial charge on any atom is -0.461 e. The predicted octanol–water partition coefficient (Wildman–Crippen LogP) is 1.24. The molecule has 0 saturated carbocycles. The number of hydrogen-bond acceptors (Lipinski definition) is 8. The Morgan fingerprint density at radius 3 is 2.61 bits per heavy atom. The Hall–Kier alpha value is -1.71. The minimum atomic E-state index is -1.34. The first-order valence-electron chi connectivity index (χ1n) is 7.09. The van der Waals surface area contributed by atoms with Crippen molar-refractivity contribution >= 4 is 23.4 Å². The van der Waals surface area contributed by atoms with Crippen LogP contribution < -0.4 is 5.32 Å². The zero-order valence-electron chi connectivity index (χ0n) is 13.5. The summed E-state index contributed by atoms with van der Waals surface area (Å²) in [5, 5.41) is 23.9. The first kappa shape index (κ1) is 19.3. The lowest BCUT2D eigenvalue weighted by molar-refractivity contribution is 0.0127. The second kappa shape index (κ2) is 8.23. The molecule has 1 amide bonds. The molecule has 23 heavy (non-hydrogen) atoms. The number of carbonyl (C=O) groups excluding carboxylic acids is 2. The molecule has 9 heteroatoms. The van der Waals surface area contributed by atoms with Crippen LogP contribution in [0.15, 0.2) is 5.38 Å². The Bertz CT molecular complexity index is 540. The highest BCUT2D eigenvalue weighted by atomic mass is 32.1. The molecule has 1 aromatic heterocycles. The van der Waals surface area contributed by atoms with Gasteiger partial charge in [-0.1, -0.05) is 0 Å². The lowest BCUT2D eigenvalue weighted by Gasteiger charge is -2.21. The van der Waals surface area contributed by atoms with Crippen LogP contribution in [0.25, 0.3) is 0 Å². The molecule has 0 saturated heterocycles. The quantitative estimate of drug-likeness (QED) is 0.663. The molecule has 0 fully saturated rings. The minimum absolute atomic E-state index is 0.0678. The van der Waals surface area contributed by atoms with Gasteiger partial charge in [-0.05, 0) is 27.7 Å². The van der Waals surface area contributed by atoms with E-state index in [1.807, 2.05) is 0 Å². The molecular formula is C14H22N2O6S. The van der Waals surface area contributed by atoms with E-state index in [0.717, 1.165) is 11.3 Å². The van der Waals surface area contributed by atoms with Crippen LogP contribution in [0.4, 0.5) is 4.79 Å². The Labute approximate surface area is 138 Å². The van der Waals surface area contributed by atoms with Crippen molar-refractivity contribution in [3.05, 3.63) is 16.1 Å². The molecule has 0 aliphatic heterocycles. The van der Waals surface area contributed by atoms with Gasteiger partial charge < -0.3 is 25.0 Å². The van der Waals surface area contributed by atoms with Gasteiger partial charge in [0.05, 0.1) is 6.61 Å². The van der Waals surface area contributed by atoms with Crippen molar-refractivity contribution in [1.29, 1.82) is 0 Å². The monoisotopic (exact) mass is 346 g/mol. The first-order valence-corrected chi connectivity index (χ1v) is 7.97. The van der Waals surface area contributed by atoms with Gasteiger partial charge >= 0.3 is 12.1 Å². The number of nitrogens with zero attached hydrogens (tertiary/aromatic N) is 1. The van der Waals surface area contributed by atoms with Gasteiger partial charge in [0.25, 0.3) is 0 Å². The van der Waals surface area contributed by atoms with Crippen molar-refractivity contribution in [2.75, 3.05) is 13.2 Å². The maximum atomic E-state index is 11.5. The second-order valence-electron chi connectivity index (χ2n) is 5.69. The van der Waals surface area contributed by atoms with Gasteiger partial charge in [-0.3, -0.25) is 0 Å². The Morgan fingerprint density at radius 1 is 1.39 bits per heavy atom. The number of amides is 1. The lowest BCUT2D eigenvalue weighted by atomic mass is 10.2. The summed E-state index contributed by atoms with van der Waals surface area (Å²) in [5.41, 5.74) is -0.587. The molecule has 1 heterocycles. The molecule has 0 radical (unpaired) electrons. The highest BCUT2D eigenvalue weighted by molar-refractivity contribution is 7.09. The number of aliphatic hydroxyl groups excluding tert-OH is 2. The molecule has 0 aromatic carbocycles. The van der Waals surface area contributed by atoms with Gasteiger partial charge in [-0.15, -0.1) is 11.3 Å². The van der Waals surface area contributed by atoms with Crippen molar-refractivity contribution in [1.82, 2.24) is 10.3 Å². The summed E-state index contributed by atoms with van der Waals surface area (Å²) in [7, 11) is 0. The summed E-state index contributed by atoms with van der Waals surface area (Å²) in [6.45, 7) is 6.81. The summed E-state index contributed by atoms with van der Waals surface area (Å²) in [6, 6.07) is 0. The number of ether oxygens (including phenoxy) is 2. The number of thiazole rings is 1. The van der Waals surface area contributed by atoms with Crippen LogP contribution >= 0.6 is 11.3 Å². The first-order chi connectivity index (χ1) is 10.6. The highest BCUT2D eigenvalue weighted by Gasteiger charge is 2.25. The zero-order valence-corrected chi connectivity index (χ0v) is 14.3. The Morgan fingerprint density at radius 2 is 2.04 bits per heavy atom. The molecule has 8 nitrogen and oxygen atoms in total. The van der Waals surface area contributed by atoms with Crippen LogP contribution in [0.3, 0.4) is 0 Å². The third-order valence-electron chi connectivity index (χ3n) is 2.48. The Balaban J connectivity index is 2.55. The number of hydrogen-bond donors (Lipinski definition) is 3. The van der Waals surface area contributed by atoms with E-state index < -0.39 is 29.9 Å². The number of rotatable bonds is 6. The van der Waals surface area contributed by atoms with Gasteiger partial charge in [0.2, 0.25) is 0 Å². The average Bonchev–Trinajstić information content (AvgIpc) is 2.92. The third-order valence-corrected chi connectivity index (χ3v) is 3.39. The van der Waals surface area contributed by atoms with Crippen LogP contribution in [0, 0.1) is 0 Å². The van der Waals surface area contributed by atoms with E-state index in [1.54, 1.807) is 27.7 Å². The molecule has 2 atom stereocenters. The molecule has 3 N–H and O–H groups in total. The predicted molar refractivity (Wildman–Crippen MR) is 83.3 cm³/mol. The molecule has 2 unspecified atom stereocenters. The van der Waals surface area contributed by atoms with E-state index in [9.17, 15) is 19.8 Å². The van der Waals surface area contributed by atoms with Gasteiger partial charge in [0.15, 0.2) is 5.69 Å². The standard InChI is InChI=1S/C14H22N2O6S/c1-5-21-12(19)8-7-23-11(16-8)10(18)9(17)6-15-13(20)22-14(2,3)4/h7,9-10,17-18H,5-6H2,1-4H3,(H,15,20). The van der Waals surface area contributed by atoms with E-state index in [4.69, 9.17) is 9.47 Å². The van der Waals surface area contributed by atoms with Crippen LogP contribution in [0.1, 0.15) is 49.3 Å². The molecule has 0 bridgehead atoms. The fourth-order valence-corrected chi connectivity index (χ4v) is 2.33.